The van der Waals surface area contributed by atoms with Crippen LogP contribution in [0.25, 0.3) is 0 Å². The highest BCUT2D eigenvalue weighted by Gasteiger charge is 2.07. The van der Waals surface area contributed by atoms with Crippen molar-refractivity contribution in [2.24, 2.45) is 0 Å². The van der Waals surface area contributed by atoms with Crippen LogP contribution in [0.2, 0.25) is 0 Å². The first-order chi connectivity index (χ1) is 9.56. The van der Waals surface area contributed by atoms with Crippen LogP contribution < -0.4 is 11.1 Å². The van der Waals surface area contributed by atoms with Crippen LogP contribution in [0.1, 0.15) is 41.4 Å². The molecule has 2 aromatic rings. The Hall–Kier alpha value is -2.43. The molecule has 0 bridgehead atoms. The van der Waals surface area contributed by atoms with Crippen molar-refractivity contribution < 1.29 is 4.79 Å². The van der Waals surface area contributed by atoms with Crippen LogP contribution in [0.3, 0.4) is 0 Å². The minimum Gasteiger partial charge on any atom is -0.382 e. The fraction of sp³-hybridized carbons (Fsp3) is 0.267. The Morgan fingerprint density at radius 2 is 1.95 bits per heavy atom. The van der Waals surface area contributed by atoms with Gasteiger partial charge in [-0.05, 0) is 17.0 Å². The smallest absolute Gasteiger partial charge is 0.271 e. The third-order valence-electron chi connectivity index (χ3n) is 2.99. The van der Waals surface area contributed by atoms with Crippen molar-refractivity contribution in [1.82, 2.24) is 15.3 Å². The fourth-order valence-corrected chi connectivity index (χ4v) is 1.78. The summed E-state index contributed by atoms with van der Waals surface area (Å²) >= 11 is 0. The molecule has 2 rings (SSSR count). The van der Waals surface area contributed by atoms with E-state index in [1.807, 2.05) is 12.1 Å². The van der Waals surface area contributed by atoms with Gasteiger partial charge in [-0.2, -0.15) is 0 Å². The summed E-state index contributed by atoms with van der Waals surface area (Å²) in [6.45, 7) is 4.75. The topological polar surface area (TPSA) is 80.9 Å². The van der Waals surface area contributed by atoms with E-state index in [1.54, 1.807) is 0 Å². The van der Waals surface area contributed by atoms with E-state index in [2.05, 4.69) is 41.3 Å². The van der Waals surface area contributed by atoms with Crippen molar-refractivity contribution in [1.29, 1.82) is 0 Å². The lowest BCUT2D eigenvalue weighted by molar-refractivity contribution is 0.0945. The van der Waals surface area contributed by atoms with Crippen molar-refractivity contribution in [2.45, 2.75) is 26.3 Å². The van der Waals surface area contributed by atoms with Gasteiger partial charge < -0.3 is 11.1 Å². The monoisotopic (exact) mass is 270 g/mol. The Morgan fingerprint density at radius 3 is 2.55 bits per heavy atom. The second-order valence-electron chi connectivity index (χ2n) is 4.91. The molecule has 1 amide bonds. The van der Waals surface area contributed by atoms with Gasteiger partial charge in [0, 0.05) is 6.54 Å². The second-order valence-corrected chi connectivity index (χ2v) is 4.91. The van der Waals surface area contributed by atoms with Crippen molar-refractivity contribution in [3.8, 4) is 0 Å². The third-order valence-corrected chi connectivity index (χ3v) is 2.99. The first-order valence-electron chi connectivity index (χ1n) is 6.51. The molecule has 0 aliphatic rings. The van der Waals surface area contributed by atoms with Crippen molar-refractivity contribution in [3.63, 3.8) is 0 Å². The van der Waals surface area contributed by atoms with Crippen molar-refractivity contribution in [3.05, 3.63) is 53.5 Å². The van der Waals surface area contributed by atoms with E-state index in [-0.39, 0.29) is 17.4 Å². The molecule has 0 aliphatic carbocycles. The number of carbonyl (C=O) groups is 1. The molecule has 0 saturated carbocycles. The number of carbonyl (C=O) groups excluding carboxylic acids is 1. The summed E-state index contributed by atoms with van der Waals surface area (Å²) in [6, 6.07) is 8.18. The molecule has 1 aromatic heterocycles. The first-order valence-corrected chi connectivity index (χ1v) is 6.51. The molecular weight excluding hydrogens is 252 g/mol. The van der Waals surface area contributed by atoms with E-state index in [1.165, 1.54) is 18.0 Å². The quantitative estimate of drug-likeness (QED) is 0.891. The van der Waals surface area contributed by atoms with E-state index < -0.39 is 0 Å². The minimum absolute atomic E-state index is 0.226. The molecule has 3 N–H and O–H groups in total. The predicted octanol–water partition coefficient (Wildman–Crippen LogP) is 2.11. The normalized spacial score (nSPS) is 10.6. The number of amides is 1. The number of hydrogen-bond donors (Lipinski definition) is 2. The molecule has 0 fully saturated rings. The molecule has 1 heterocycles. The number of nitrogen functional groups attached to an aromatic ring is 1. The zero-order valence-electron chi connectivity index (χ0n) is 11.6. The largest absolute Gasteiger partial charge is 0.382 e. The first kappa shape index (κ1) is 14.0. The molecule has 5 nitrogen and oxygen atoms in total. The van der Waals surface area contributed by atoms with Gasteiger partial charge >= 0.3 is 0 Å². The Morgan fingerprint density at radius 1 is 1.25 bits per heavy atom. The number of nitrogens with two attached hydrogens (primary N) is 1. The molecule has 20 heavy (non-hydrogen) atoms. The zero-order chi connectivity index (χ0) is 14.5. The lowest BCUT2D eigenvalue weighted by atomic mass is 10.0. The van der Waals surface area contributed by atoms with Crippen LogP contribution in [0.4, 0.5) is 5.82 Å². The summed E-state index contributed by atoms with van der Waals surface area (Å²) in [7, 11) is 0. The number of nitrogens with zero attached hydrogens (tertiary/aromatic N) is 2. The van der Waals surface area contributed by atoms with Crippen LogP contribution in [-0.4, -0.2) is 15.9 Å². The van der Waals surface area contributed by atoms with Crippen LogP contribution in [0.15, 0.2) is 36.7 Å². The van der Waals surface area contributed by atoms with E-state index in [0.717, 1.165) is 5.56 Å². The van der Waals surface area contributed by atoms with Crippen LogP contribution in [0, 0.1) is 0 Å². The second kappa shape index (κ2) is 6.14. The Bertz CT molecular complexity index is 593. The summed E-state index contributed by atoms with van der Waals surface area (Å²) in [6.07, 6.45) is 2.80. The molecule has 0 spiro atoms. The Balaban J connectivity index is 1.96. The summed E-state index contributed by atoms with van der Waals surface area (Å²) in [4.78, 5) is 19.6. The van der Waals surface area contributed by atoms with Gasteiger partial charge in [0.1, 0.15) is 11.5 Å². The maximum Gasteiger partial charge on any atom is 0.271 e. The van der Waals surface area contributed by atoms with Gasteiger partial charge in [-0.1, -0.05) is 38.1 Å². The SMILES string of the molecule is CC(C)c1ccc(CNC(=O)c2cncc(N)n2)cc1. The minimum atomic E-state index is -0.280. The van der Waals surface area contributed by atoms with E-state index >= 15 is 0 Å². The molecule has 1 aromatic carbocycles. The summed E-state index contributed by atoms with van der Waals surface area (Å²) in [5.41, 5.74) is 8.04. The summed E-state index contributed by atoms with van der Waals surface area (Å²) in [5.74, 6) is 0.456. The third kappa shape index (κ3) is 3.54. The highest BCUT2D eigenvalue weighted by molar-refractivity contribution is 5.92. The number of anilines is 1. The summed E-state index contributed by atoms with van der Waals surface area (Å²) < 4.78 is 0. The van der Waals surface area contributed by atoms with Gasteiger partial charge in [0.15, 0.2) is 0 Å². The molecule has 104 valence electrons. The van der Waals surface area contributed by atoms with Crippen LogP contribution >= 0.6 is 0 Å². The van der Waals surface area contributed by atoms with E-state index in [0.29, 0.717) is 12.5 Å². The van der Waals surface area contributed by atoms with Crippen LogP contribution in [-0.2, 0) is 6.54 Å². The maximum absolute atomic E-state index is 11.9. The van der Waals surface area contributed by atoms with Crippen molar-refractivity contribution in [2.75, 3.05) is 5.73 Å². The predicted molar refractivity (Wildman–Crippen MR) is 78.1 cm³/mol. The van der Waals surface area contributed by atoms with Gasteiger partial charge in [-0.3, -0.25) is 9.78 Å². The molecule has 0 aliphatic heterocycles. The number of benzene rings is 1. The molecular formula is C15H18N4O. The maximum atomic E-state index is 11.9. The number of aromatic nitrogens is 2. The zero-order valence-corrected chi connectivity index (χ0v) is 11.6. The molecule has 0 radical (unpaired) electrons. The number of nitrogens with one attached hydrogen (secondary N) is 1. The van der Waals surface area contributed by atoms with Gasteiger partial charge in [0.2, 0.25) is 0 Å². The average Bonchev–Trinajstić information content (AvgIpc) is 2.45. The Labute approximate surface area is 118 Å². The Kier molecular flexibility index (Phi) is 4.30. The number of hydrogen-bond acceptors (Lipinski definition) is 4. The summed E-state index contributed by atoms with van der Waals surface area (Å²) in [5, 5.41) is 2.79. The highest BCUT2D eigenvalue weighted by Crippen LogP contribution is 2.14. The van der Waals surface area contributed by atoms with Gasteiger partial charge in [-0.25, -0.2) is 4.98 Å². The number of rotatable bonds is 4. The molecule has 0 atom stereocenters. The van der Waals surface area contributed by atoms with Gasteiger partial charge in [0.05, 0.1) is 12.4 Å². The van der Waals surface area contributed by atoms with Gasteiger partial charge in [-0.15, -0.1) is 0 Å². The van der Waals surface area contributed by atoms with Crippen molar-refractivity contribution >= 4 is 11.7 Å². The van der Waals surface area contributed by atoms with E-state index in [4.69, 9.17) is 5.73 Å². The molecule has 0 unspecified atom stereocenters. The fourth-order valence-electron chi connectivity index (χ4n) is 1.78. The lowest BCUT2D eigenvalue weighted by Crippen LogP contribution is -2.24. The van der Waals surface area contributed by atoms with Gasteiger partial charge in [0.25, 0.3) is 5.91 Å². The van der Waals surface area contributed by atoms with E-state index in [9.17, 15) is 4.79 Å². The average molecular weight is 270 g/mol. The molecule has 0 saturated heterocycles. The molecule has 5 heteroatoms. The standard InChI is InChI=1S/C15H18N4O/c1-10(2)12-5-3-11(4-6-12)7-18-15(20)13-8-17-9-14(16)19-13/h3-6,8-10H,7H2,1-2H3,(H2,16,19)(H,18,20). The highest BCUT2D eigenvalue weighted by atomic mass is 16.1. The lowest BCUT2D eigenvalue weighted by Gasteiger charge is -2.08. The van der Waals surface area contributed by atoms with Crippen LogP contribution in [0.5, 0.6) is 0 Å².